The van der Waals surface area contributed by atoms with Crippen molar-refractivity contribution in [1.82, 2.24) is 5.32 Å². The zero-order valence-electron chi connectivity index (χ0n) is 8.26. The molecule has 3 N–H and O–H groups in total. The largest absolute Gasteiger partial charge is 0.369 e. The molecule has 0 aromatic heterocycles. The standard InChI is InChI=1S/C9H17N3O/c1-9(2,8(11)13)7-12-6-4-3-5-10/h12H,3-4,6-7H2,1-2H3,(H2,11,13). The van der Waals surface area contributed by atoms with E-state index in [1.54, 1.807) is 13.8 Å². The number of nitriles is 1. The summed E-state index contributed by atoms with van der Waals surface area (Å²) in [6, 6.07) is 2.06. The fourth-order valence-corrected chi connectivity index (χ4v) is 0.780. The number of nitrogens with two attached hydrogens (primary N) is 1. The number of nitrogens with zero attached hydrogens (tertiary/aromatic N) is 1. The Morgan fingerprint density at radius 3 is 2.69 bits per heavy atom. The minimum atomic E-state index is -0.507. The fourth-order valence-electron chi connectivity index (χ4n) is 0.780. The van der Waals surface area contributed by atoms with Gasteiger partial charge in [0.1, 0.15) is 0 Å². The van der Waals surface area contributed by atoms with Gasteiger partial charge in [-0.25, -0.2) is 0 Å². The monoisotopic (exact) mass is 183 g/mol. The molecule has 0 aliphatic rings. The molecule has 0 heterocycles. The van der Waals surface area contributed by atoms with Gasteiger partial charge in [-0.3, -0.25) is 4.79 Å². The van der Waals surface area contributed by atoms with Crippen LogP contribution in [-0.4, -0.2) is 19.0 Å². The summed E-state index contributed by atoms with van der Waals surface area (Å²) >= 11 is 0. The smallest absolute Gasteiger partial charge is 0.224 e. The Morgan fingerprint density at radius 2 is 2.23 bits per heavy atom. The molecule has 0 atom stereocenters. The fraction of sp³-hybridized carbons (Fsp3) is 0.778. The number of nitrogens with one attached hydrogen (secondary N) is 1. The van der Waals surface area contributed by atoms with Crippen LogP contribution in [0.25, 0.3) is 0 Å². The zero-order valence-corrected chi connectivity index (χ0v) is 8.26. The third-order valence-electron chi connectivity index (χ3n) is 1.88. The van der Waals surface area contributed by atoms with E-state index in [9.17, 15) is 4.79 Å². The molecule has 4 nitrogen and oxygen atoms in total. The minimum absolute atomic E-state index is 0.305. The maximum atomic E-state index is 10.9. The van der Waals surface area contributed by atoms with Crippen LogP contribution in [-0.2, 0) is 4.79 Å². The van der Waals surface area contributed by atoms with Crippen molar-refractivity contribution in [1.29, 1.82) is 5.26 Å². The van der Waals surface area contributed by atoms with Crippen LogP contribution in [0.3, 0.4) is 0 Å². The summed E-state index contributed by atoms with van der Waals surface area (Å²) in [6.45, 7) is 4.91. The Bertz CT molecular complexity index is 205. The average molecular weight is 183 g/mol. The van der Waals surface area contributed by atoms with E-state index < -0.39 is 5.41 Å². The Kier molecular flexibility index (Phi) is 5.09. The van der Waals surface area contributed by atoms with Gasteiger partial charge in [0.15, 0.2) is 0 Å². The van der Waals surface area contributed by atoms with E-state index in [4.69, 9.17) is 11.0 Å². The summed E-state index contributed by atoms with van der Waals surface area (Å²) < 4.78 is 0. The maximum absolute atomic E-state index is 10.9. The van der Waals surface area contributed by atoms with Gasteiger partial charge in [0.2, 0.25) is 5.91 Å². The number of hydrogen-bond acceptors (Lipinski definition) is 3. The number of carbonyl (C=O) groups excluding carboxylic acids is 1. The van der Waals surface area contributed by atoms with Gasteiger partial charge < -0.3 is 11.1 Å². The third kappa shape index (κ3) is 5.21. The Morgan fingerprint density at radius 1 is 1.62 bits per heavy atom. The molecule has 0 saturated carbocycles. The van der Waals surface area contributed by atoms with Crippen LogP contribution >= 0.6 is 0 Å². The number of hydrogen-bond donors (Lipinski definition) is 2. The van der Waals surface area contributed by atoms with Gasteiger partial charge in [0.05, 0.1) is 11.5 Å². The molecular weight excluding hydrogens is 166 g/mol. The van der Waals surface area contributed by atoms with Crippen molar-refractivity contribution < 1.29 is 4.79 Å². The van der Waals surface area contributed by atoms with Crippen molar-refractivity contribution in [2.75, 3.05) is 13.1 Å². The quantitative estimate of drug-likeness (QED) is 0.585. The lowest BCUT2D eigenvalue weighted by atomic mass is 9.93. The molecule has 13 heavy (non-hydrogen) atoms. The summed E-state index contributed by atoms with van der Waals surface area (Å²) in [5, 5.41) is 11.4. The molecule has 0 saturated heterocycles. The van der Waals surface area contributed by atoms with E-state index >= 15 is 0 Å². The number of primary amides is 1. The van der Waals surface area contributed by atoms with Crippen LogP contribution < -0.4 is 11.1 Å². The molecule has 74 valence electrons. The van der Waals surface area contributed by atoms with Crippen LogP contribution in [0, 0.1) is 16.7 Å². The summed E-state index contributed by atoms with van der Waals surface area (Å²) in [4.78, 5) is 10.9. The molecule has 0 radical (unpaired) electrons. The molecule has 4 heteroatoms. The Labute approximate surface area is 79.1 Å². The normalized spacial score (nSPS) is 10.8. The average Bonchev–Trinajstić information content (AvgIpc) is 2.03. The van der Waals surface area contributed by atoms with Crippen molar-refractivity contribution in [2.45, 2.75) is 26.7 Å². The van der Waals surface area contributed by atoms with Crippen molar-refractivity contribution in [3.05, 3.63) is 0 Å². The first-order valence-corrected chi connectivity index (χ1v) is 4.38. The van der Waals surface area contributed by atoms with Crippen molar-refractivity contribution in [2.24, 2.45) is 11.1 Å². The van der Waals surface area contributed by atoms with Gasteiger partial charge in [-0.05, 0) is 26.8 Å². The first-order valence-electron chi connectivity index (χ1n) is 4.38. The second kappa shape index (κ2) is 5.55. The summed E-state index contributed by atoms with van der Waals surface area (Å²) in [5.74, 6) is -0.305. The Hall–Kier alpha value is -1.08. The van der Waals surface area contributed by atoms with Crippen LogP contribution in [0.4, 0.5) is 0 Å². The molecule has 0 aliphatic heterocycles. The van der Waals surface area contributed by atoms with Gasteiger partial charge in [-0.2, -0.15) is 5.26 Å². The van der Waals surface area contributed by atoms with Crippen molar-refractivity contribution >= 4 is 5.91 Å². The highest BCUT2D eigenvalue weighted by atomic mass is 16.1. The molecular formula is C9H17N3O. The molecule has 0 aromatic carbocycles. The molecule has 0 aromatic rings. The maximum Gasteiger partial charge on any atom is 0.224 e. The lowest BCUT2D eigenvalue weighted by Gasteiger charge is -2.20. The summed E-state index contributed by atoms with van der Waals surface area (Å²) in [6.07, 6.45) is 1.36. The number of unbranched alkanes of at least 4 members (excludes halogenated alkanes) is 1. The Balaban J connectivity index is 3.53. The lowest BCUT2D eigenvalue weighted by molar-refractivity contribution is -0.125. The van der Waals surface area contributed by atoms with Crippen molar-refractivity contribution in [3.63, 3.8) is 0 Å². The highest BCUT2D eigenvalue weighted by Crippen LogP contribution is 2.11. The van der Waals surface area contributed by atoms with Crippen LogP contribution in [0.15, 0.2) is 0 Å². The third-order valence-corrected chi connectivity index (χ3v) is 1.88. The predicted molar refractivity (Wildman–Crippen MR) is 50.7 cm³/mol. The SMILES string of the molecule is CC(C)(CNCCCC#N)C(N)=O. The van der Waals surface area contributed by atoms with E-state index in [-0.39, 0.29) is 5.91 Å². The van der Waals surface area contributed by atoms with Gasteiger partial charge in [-0.1, -0.05) is 0 Å². The summed E-state index contributed by atoms with van der Waals surface area (Å²) in [7, 11) is 0. The molecule has 0 bridgehead atoms. The lowest BCUT2D eigenvalue weighted by Crippen LogP contribution is -2.40. The van der Waals surface area contributed by atoms with Crippen molar-refractivity contribution in [3.8, 4) is 6.07 Å². The van der Waals surface area contributed by atoms with Crippen LogP contribution in [0.2, 0.25) is 0 Å². The van der Waals surface area contributed by atoms with E-state index in [2.05, 4.69) is 11.4 Å². The number of amides is 1. The first kappa shape index (κ1) is 11.9. The summed E-state index contributed by atoms with van der Waals surface area (Å²) in [5.41, 5.74) is 4.67. The van der Waals surface area contributed by atoms with Gasteiger partial charge in [0.25, 0.3) is 0 Å². The zero-order chi connectivity index (χ0) is 10.3. The molecule has 1 amide bonds. The minimum Gasteiger partial charge on any atom is -0.369 e. The van der Waals surface area contributed by atoms with Crippen LogP contribution in [0.1, 0.15) is 26.7 Å². The van der Waals surface area contributed by atoms with E-state index in [0.29, 0.717) is 13.0 Å². The molecule has 0 fully saturated rings. The van der Waals surface area contributed by atoms with Crippen LogP contribution in [0.5, 0.6) is 0 Å². The molecule has 0 spiro atoms. The topological polar surface area (TPSA) is 78.9 Å². The first-order chi connectivity index (χ1) is 6.00. The second-order valence-corrected chi connectivity index (χ2v) is 3.69. The molecule has 0 unspecified atom stereocenters. The predicted octanol–water partition coefficient (Wildman–Crippen LogP) is 0.391. The van der Waals surface area contributed by atoms with E-state index in [1.165, 1.54) is 0 Å². The van der Waals surface area contributed by atoms with E-state index in [0.717, 1.165) is 13.0 Å². The van der Waals surface area contributed by atoms with Gasteiger partial charge in [0, 0.05) is 13.0 Å². The second-order valence-electron chi connectivity index (χ2n) is 3.69. The van der Waals surface area contributed by atoms with Gasteiger partial charge >= 0.3 is 0 Å². The van der Waals surface area contributed by atoms with Gasteiger partial charge in [-0.15, -0.1) is 0 Å². The molecule has 0 rings (SSSR count). The highest BCUT2D eigenvalue weighted by Gasteiger charge is 2.23. The number of rotatable bonds is 6. The molecule has 0 aliphatic carbocycles. The highest BCUT2D eigenvalue weighted by molar-refractivity contribution is 5.80. The number of carbonyl (C=O) groups is 1. The van der Waals surface area contributed by atoms with E-state index in [1.807, 2.05) is 0 Å².